The lowest BCUT2D eigenvalue weighted by Crippen LogP contribution is -1.85. The maximum Gasteiger partial charge on any atom is -0.0219 e. The number of benzene rings is 2. The van der Waals surface area contributed by atoms with E-state index in [9.17, 15) is 0 Å². The third kappa shape index (κ3) is 5.13. The fraction of sp³-hybridized carbons (Fsp3) is 0.263. The third-order valence-electron chi connectivity index (χ3n) is 3.15. The molecular weight excluding hydrogens is 228 g/mol. The minimum Gasteiger partial charge on any atom is -0.0985 e. The molecule has 0 radical (unpaired) electrons. The van der Waals surface area contributed by atoms with Gasteiger partial charge in [0.05, 0.1) is 0 Å². The van der Waals surface area contributed by atoms with Gasteiger partial charge in [0.2, 0.25) is 0 Å². The lowest BCUT2D eigenvalue weighted by Gasteiger charge is -2.03. The van der Waals surface area contributed by atoms with E-state index in [4.69, 9.17) is 0 Å². The molecule has 0 saturated carbocycles. The van der Waals surface area contributed by atoms with Gasteiger partial charge in [-0.2, -0.15) is 0 Å². The van der Waals surface area contributed by atoms with Crippen molar-refractivity contribution in [2.45, 2.75) is 33.6 Å². The van der Waals surface area contributed by atoms with Gasteiger partial charge in [-0.05, 0) is 36.5 Å². The van der Waals surface area contributed by atoms with E-state index in [1.807, 2.05) is 18.2 Å². The van der Waals surface area contributed by atoms with Gasteiger partial charge in [-0.1, -0.05) is 80.6 Å². The first-order valence-electron chi connectivity index (χ1n) is 6.79. The van der Waals surface area contributed by atoms with Crippen molar-refractivity contribution >= 4 is 6.08 Å². The molecule has 19 heavy (non-hydrogen) atoms. The summed E-state index contributed by atoms with van der Waals surface area (Å²) >= 11 is 0. The summed E-state index contributed by atoms with van der Waals surface area (Å²) in [7, 11) is 0. The molecule has 0 nitrogen and oxygen atoms in total. The van der Waals surface area contributed by atoms with E-state index in [1.54, 1.807) is 0 Å². The maximum atomic E-state index is 3.69. The maximum absolute atomic E-state index is 3.69. The quantitative estimate of drug-likeness (QED) is 0.637. The van der Waals surface area contributed by atoms with Crippen molar-refractivity contribution in [3.8, 4) is 0 Å². The number of hydrogen-bond acceptors (Lipinski definition) is 0. The van der Waals surface area contributed by atoms with Crippen LogP contribution in [-0.4, -0.2) is 0 Å². The van der Waals surface area contributed by atoms with E-state index in [2.05, 4.69) is 70.7 Å². The Morgan fingerprint density at radius 2 is 1.47 bits per heavy atom. The zero-order chi connectivity index (χ0) is 14.3. The highest BCUT2D eigenvalue weighted by Crippen LogP contribution is 2.13. The molecular formula is C19H24. The van der Waals surface area contributed by atoms with Crippen molar-refractivity contribution in [3.63, 3.8) is 0 Å². The average molecular weight is 252 g/mol. The molecule has 0 N–H and O–H groups in total. The van der Waals surface area contributed by atoms with Gasteiger partial charge in [-0.3, -0.25) is 0 Å². The molecule has 0 unspecified atom stereocenters. The first-order chi connectivity index (χ1) is 9.04. The van der Waals surface area contributed by atoms with Gasteiger partial charge in [0.25, 0.3) is 0 Å². The predicted octanol–water partition coefficient (Wildman–Crippen LogP) is 5.76. The molecule has 0 spiro atoms. The average Bonchev–Trinajstić information content (AvgIpc) is 2.40. The largest absolute Gasteiger partial charge is 0.0985 e. The second kappa shape index (κ2) is 7.58. The molecule has 0 aliphatic heterocycles. The van der Waals surface area contributed by atoms with Crippen LogP contribution in [-0.2, 0) is 0 Å². The van der Waals surface area contributed by atoms with E-state index in [0.29, 0.717) is 5.92 Å². The standard InChI is InChI=1S/C10H14.C9H10/c1-8(2)10-6-4-9(3)5-7-10;1-3-9-7-5-4-6-8(9)2/h4-8H,1-3H3;3-7H,1H2,2H3. The molecule has 0 aliphatic rings. The van der Waals surface area contributed by atoms with Crippen LogP contribution in [0, 0.1) is 13.8 Å². The Morgan fingerprint density at radius 1 is 0.895 bits per heavy atom. The molecule has 0 heteroatoms. The van der Waals surface area contributed by atoms with Gasteiger partial charge in [0.1, 0.15) is 0 Å². The number of rotatable bonds is 2. The van der Waals surface area contributed by atoms with Gasteiger partial charge < -0.3 is 0 Å². The Bertz CT molecular complexity index is 504. The molecule has 0 heterocycles. The van der Waals surface area contributed by atoms with Gasteiger partial charge >= 0.3 is 0 Å². The summed E-state index contributed by atoms with van der Waals surface area (Å²) in [5, 5.41) is 0. The molecule has 0 amide bonds. The minimum atomic E-state index is 0.653. The van der Waals surface area contributed by atoms with Crippen LogP contribution in [0.5, 0.6) is 0 Å². The van der Waals surface area contributed by atoms with E-state index >= 15 is 0 Å². The van der Waals surface area contributed by atoms with Crippen molar-refractivity contribution in [1.82, 2.24) is 0 Å². The van der Waals surface area contributed by atoms with Crippen molar-refractivity contribution in [2.75, 3.05) is 0 Å². The van der Waals surface area contributed by atoms with E-state index in [1.165, 1.54) is 22.3 Å². The second-order valence-electron chi connectivity index (χ2n) is 5.13. The van der Waals surface area contributed by atoms with Crippen LogP contribution in [0.15, 0.2) is 55.1 Å². The smallest absolute Gasteiger partial charge is 0.0219 e. The van der Waals surface area contributed by atoms with Gasteiger partial charge in [0, 0.05) is 0 Å². The van der Waals surface area contributed by atoms with Crippen LogP contribution in [0.25, 0.3) is 6.08 Å². The normalized spacial score (nSPS) is 9.74. The summed E-state index contributed by atoms with van der Waals surface area (Å²) in [4.78, 5) is 0. The summed E-state index contributed by atoms with van der Waals surface area (Å²) in [6, 6.07) is 16.9. The Hall–Kier alpha value is -1.82. The van der Waals surface area contributed by atoms with Crippen molar-refractivity contribution in [3.05, 3.63) is 77.4 Å². The highest BCUT2D eigenvalue weighted by molar-refractivity contribution is 5.50. The van der Waals surface area contributed by atoms with Crippen molar-refractivity contribution < 1.29 is 0 Å². The SMILES string of the molecule is C=Cc1ccccc1C.Cc1ccc(C(C)C)cc1. The molecule has 0 bridgehead atoms. The topological polar surface area (TPSA) is 0 Å². The number of aryl methyl sites for hydroxylation is 2. The predicted molar refractivity (Wildman–Crippen MR) is 86.5 cm³/mol. The molecule has 0 saturated heterocycles. The lowest BCUT2D eigenvalue weighted by atomic mass is 10.0. The fourth-order valence-electron chi connectivity index (χ4n) is 1.77. The zero-order valence-electron chi connectivity index (χ0n) is 12.5. The van der Waals surface area contributed by atoms with E-state index < -0.39 is 0 Å². The Morgan fingerprint density at radius 3 is 1.89 bits per heavy atom. The van der Waals surface area contributed by atoms with Gasteiger partial charge in [-0.25, -0.2) is 0 Å². The molecule has 100 valence electrons. The van der Waals surface area contributed by atoms with Crippen LogP contribution in [0.3, 0.4) is 0 Å². The Balaban J connectivity index is 0.000000191. The Labute approximate surface area is 117 Å². The molecule has 0 fully saturated rings. The zero-order valence-corrected chi connectivity index (χ0v) is 12.5. The summed E-state index contributed by atoms with van der Waals surface area (Å²) in [6.45, 7) is 12.3. The number of hydrogen-bond donors (Lipinski definition) is 0. The van der Waals surface area contributed by atoms with Crippen LogP contribution >= 0.6 is 0 Å². The van der Waals surface area contributed by atoms with Gasteiger partial charge in [-0.15, -0.1) is 0 Å². The first kappa shape index (κ1) is 15.2. The highest BCUT2D eigenvalue weighted by Gasteiger charge is 1.95. The monoisotopic (exact) mass is 252 g/mol. The summed E-state index contributed by atoms with van der Waals surface area (Å²) < 4.78 is 0. The van der Waals surface area contributed by atoms with Crippen molar-refractivity contribution in [1.29, 1.82) is 0 Å². The fourth-order valence-corrected chi connectivity index (χ4v) is 1.77. The molecule has 0 aliphatic carbocycles. The van der Waals surface area contributed by atoms with Crippen LogP contribution in [0.1, 0.15) is 42.0 Å². The molecule has 2 rings (SSSR count). The first-order valence-corrected chi connectivity index (χ1v) is 6.79. The van der Waals surface area contributed by atoms with Crippen LogP contribution in [0.2, 0.25) is 0 Å². The highest BCUT2D eigenvalue weighted by atomic mass is 14.0. The summed E-state index contributed by atoms with van der Waals surface area (Å²) in [6.07, 6.45) is 1.87. The molecule has 2 aromatic carbocycles. The van der Waals surface area contributed by atoms with E-state index in [0.717, 1.165) is 0 Å². The Kier molecular flexibility index (Phi) is 6.08. The van der Waals surface area contributed by atoms with Crippen molar-refractivity contribution in [2.24, 2.45) is 0 Å². The summed E-state index contributed by atoms with van der Waals surface area (Å²) in [5.74, 6) is 0.653. The minimum absolute atomic E-state index is 0.653. The lowest BCUT2D eigenvalue weighted by molar-refractivity contribution is 0.866. The third-order valence-corrected chi connectivity index (χ3v) is 3.15. The summed E-state index contributed by atoms with van der Waals surface area (Å²) in [5.41, 5.74) is 5.26. The van der Waals surface area contributed by atoms with E-state index in [-0.39, 0.29) is 0 Å². The van der Waals surface area contributed by atoms with Gasteiger partial charge in [0.15, 0.2) is 0 Å². The van der Waals surface area contributed by atoms with Crippen LogP contribution in [0.4, 0.5) is 0 Å². The molecule has 2 aromatic rings. The molecule has 0 atom stereocenters. The molecule has 0 aromatic heterocycles. The van der Waals surface area contributed by atoms with Crippen LogP contribution < -0.4 is 0 Å². The second-order valence-corrected chi connectivity index (χ2v) is 5.13.